The Bertz CT molecular complexity index is 590. The number of carbonyl (C=O) groups excluding carboxylic acids is 1. The van der Waals surface area contributed by atoms with Crippen LogP contribution >= 0.6 is 0 Å². The summed E-state index contributed by atoms with van der Waals surface area (Å²) in [6.07, 6.45) is 0.749. The molecule has 1 heterocycles. The van der Waals surface area contributed by atoms with Crippen LogP contribution in [0.25, 0.3) is 0 Å². The third kappa shape index (κ3) is 3.20. The predicted octanol–water partition coefficient (Wildman–Crippen LogP) is 0.919. The van der Waals surface area contributed by atoms with Crippen LogP contribution in [0, 0.1) is 0 Å². The highest BCUT2D eigenvalue weighted by Crippen LogP contribution is 2.19. The van der Waals surface area contributed by atoms with Gasteiger partial charge in [-0.3, -0.25) is 4.79 Å². The summed E-state index contributed by atoms with van der Waals surface area (Å²) in [4.78, 5) is 11.4. The van der Waals surface area contributed by atoms with Crippen LogP contribution in [0.15, 0.2) is 29.2 Å². The Labute approximate surface area is 113 Å². The van der Waals surface area contributed by atoms with Crippen molar-refractivity contribution in [2.24, 2.45) is 0 Å². The Balaban J connectivity index is 2.29. The van der Waals surface area contributed by atoms with E-state index in [9.17, 15) is 13.2 Å². The van der Waals surface area contributed by atoms with Gasteiger partial charge in [-0.1, -0.05) is 12.1 Å². The maximum atomic E-state index is 12.3. The molecule has 1 fully saturated rings. The number of benzene rings is 1. The van der Waals surface area contributed by atoms with Gasteiger partial charge in [-0.15, -0.1) is 0 Å². The van der Waals surface area contributed by atoms with Gasteiger partial charge >= 0.3 is 0 Å². The molecule has 19 heavy (non-hydrogen) atoms. The largest absolute Gasteiger partial charge is 0.315 e. The number of hydrogen-bond acceptors (Lipinski definition) is 4. The Morgan fingerprint density at radius 3 is 2.74 bits per heavy atom. The Morgan fingerprint density at radius 2 is 2.16 bits per heavy atom. The first-order chi connectivity index (χ1) is 8.82. The molecule has 5 nitrogen and oxygen atoms in total. The highest BCUT2D eigenvalue weighted by molar-refractivity contribution is 7.89. The fourth-order valence-corrected chi connectivity index (χ4v) is 3.65. The molecule has 0 radical (unpaired) electrons. The molecular formula is C13H18N2O3S. The van der Waals surface area contributed by atoms with Crippen molar-refractivity contribution in [3.63, 3.8) is 0 Å². The number of ketones is 1. The molecule has 1 saturated heterocycles. The molecule has 6 heteroatoms. The quantitative estimate of drug-likeness (QED) is 0.805. The van der Waals surface area contributed by atoms with Crippen molar-refractivity contribution in [2.45, 2.75) is 30.7 Å². The first kappa shape index (κ1) is 14.2. The second-order valence-corrected chi connectivity index (χ2v) is 6.86. The van der Waals surface area contributed by atoms with E-state index in [1.54, 1.807) is 12.1 Å². The summed E-state index contributed by atoms with van der Waals surface area (Å²) in [5.74, 6) is -0.147. The normalized spacial score (nSPS) is 23.5. The van der Waals surface area contributed by atoms with Gasteiger partial charge in [0.2, 0.25) is 10.0 Å². The number of Topliss-reactive ketones (excluding diaryl/α,β-unsaturated/α-hetero) is 1. The molecule has 0 bridgehead atoms. The van der Waals surface area contributed by atoms with Crippen molar-refractivity contribution >= 4 is 15.8 Å². The fourth-order valence-electron chi connectivity index (χ4n) is 2.17. The summed E-state index contributed by atoms with van der Waals surface area (Å²) in [7, 11) is -3.60. The summed E-state index contributed by atoms with van der Waals surface area (Å²) < 4.78 is 27.3. The zero-order valence-electron chi connectivity index (χ0n) is 11.1. The maximum absolute atomic E-state index is 12.3. The molecule has 1 aliphatic rings. The molecule has 1 aromatic carbocycles. The maximum Gasteiger partial charge on any atom is 0.241 e. The van der Waals surface area contributed by atoms with Gasteiger partial charge in [-0.2, -0.15) is 0 Å². The van der Waals surface area contributed by atoms with Gasteiger partial charge in [0, 0.05) is 17.6 Å². The molecule has 0 aliphatic carbocycles. The highest BCUT2D eigenvalue weighted by atomic mass is 32.2. The predicted molar refractivity (Wildman–Crippen MR) is 72.7 cm³/mol. The highest BCUT2D eigenvalue weighted by Gasteiger charge is 2.33. The number of sulfonamides is 1. The van der Waals surface area contributed by atoms with E-state index in [0.717, 1.165) is 13.0 Å². The van der Waals surface area contributed by atoms with Gasteiger partial charge in [0.05, 0.1) is 4.90 Å². The molecule has 0 saturated carbocycles. The van der Waals surface area contributed by atoms with Crippen LogP contribution in [0.5, 0.6) is 0 Å². The Morgan fingerprint density at radius 1 is 1.42 bits per heavy atom. The van der Waals surface area contributed by atoms with Crippen LogP contribution < -0.4 is 10.0 Å². The van der Waals surface area contributed by atoms with E-state index in [0.29, 0.717) is 12.1 Å². The Hall–Kier alpha value is -1.24. The summed E-state index contributed by atoms with van der Waals surface area (Å²) in [6, 6.07) is 6.11. The topological polar surface area (TPSA) is 75.3 Å². The standard InChI is InChI=1S/C13H18N2O3S/c1-10(16)11-4-3-5-12(8-11)19(17,18)15-13(2)6-7-14-9-13/h3-5,8,14-15H,6-7,9H2,1-2H3. The van der Waals surface area contributed by atoms with E-state index in [1.807, 2.05) is 6.92 Å². The van der Waals surface area contributed by atoms with E-state index < -0.39 is 15.6 Å². The van der Waals surface area contributed by atoms with Gasteiger partial charge in [0.15, 0.2) is 5.78 Å². The van der Waals surface area contributed by atoms with Gasteiger partial charge in [-0.05, 0) is 38.9 Å². The SMILES string of the molecule is CC(=O)c1cccc(S(=O)(=O)NC2(C)CCNC2)c1. The minimum atomic E-state index is -3.60. The molecule has 2 rings (SSSR count). The number of nitrogens with one attached hydrogen (secondary N) is 2. The third-order valence-corrected chi connectivity index (χ3v) is 4.94. The first-order valence-electron chi connectivity index (χ1n) is 6.18. The molecule has 1 aromatic rings. The van der Waals surface area contributed by atoms with Crippen LogP contribution in [0.4, 0.5) is 0 Å². The third-order valence-electron chi connectivity index (χ3n) is 3.30. The van der Waals surface area contributed by atoms with E-state index in [4.69, 9.17) is 0 Å². The van der Waals surface area contributed by atoms with Gasteiger partial charge in [0.1, 0.15) is 0 Å². The molecule has 0 spiro atoms. The second kappa shape index (κ2) is 5.03. The van der Waals surface area contributed by atoms with Crippen LogP contribution in [-0.2, 0) is 10.0 Å². The first-order valence-corrected chi connectivity index (χ1v) is 7.66. The van der Waals surface area contributed by atoms with Gasteiger partial charge in [0.25, 0.3) is 0 Å². The lowest BCUT2D eigenvalue weighted by Gasteiger charge is -2.24. The molecule has 1 unspecified atom stereocenters. The molecule has 1 atom stereocenters. The van der Waals surface area contributed by atoms with E-state index in [1.165, 1.54) is 19.1 Å². The lowest BCUT2D eigenvalue weighted by molar-refractivity contribution is 0.101. The van der Waals surface area contributed by atoms with Crippen molar-refractivity contribution in [3.8, 4) is 0 Å². The number of rotatable bonds is 4. The van der Waals surface area contributed by atoms with Crippen LogP contribution in [-0.4, -0.2) is 32.8 Å². The Kier molecular flexibility index (Phi) is 3.75. The van der Waals surface area contributed by atoms with Crippen molar-refractivity contribution in [1.29, 1.82) is 0 Å². The van der Waals surface area contributed by atoms with E-state index in [-0.39, 0.29) is 10.7 Å². The lowest BCUT2D eigenvalue weighted by Crippen LogP contribution is -2.47. The molecule has 1 aliphatic heterocycles. The van der Waals surface area contributed by atoms with Crippen LogP contribution in [0.1, 0.15) is 30.6 Å². The van der Waals surface area contributed by atoms with Gasteiger partial charge in [-0.25, -0.2) is 13.1 Å². The molecular weight excluding hydrogens is 264 g/mol. The lowest BCUT2D eigenvalue weighted by atomic mass is 10.0. The monoisotopic (exact) mass is 282 g/mol. The van der Waals surface area contributed by atoms with Gasteiger partial charge < -0.3 is 5.32 Å². The zero-order valence-corrected chi connectivity index (χ0v) is 11.9. The molecule has 0 aromatic heterocycles. The summed E-state index contributed by atoms with van der Waals surface area (Å²) in [5.41, 5.74) is -0.0667. The molecule has 2 N–H and O–H groups in total. The summed E-state index contributed by atoms with van der Waals surface area (Å²) in [5, 5.41) is 3.14. The minimum Gasteiger partial charge on any atom is -0.315 e. The van der Waals surface area contributed by atoms with Crippen molar-refractivity contribution in [1.82, 2.24) is 10.0 Å². The van der Waals surface area contributed by atoms with Crippen molar-refractivity contribution < 1.29 is 13.2 Å². The molecule has 104 valence electrons. The van der Waals surface area contributed by atoms with E-state index >= 15 is 0 Å². The van der Waals surface area contributed by atoms with Crippen LogP contribution in [0.3, 0.4) is 0 Å². The average Bonchev–Trinajstić information content (AvgIpc) is 2.75. The minimum absolute atomic E-state index is 0.133. The molecule has 0 amide bonds. The van der Waals surface area contributed by atoms with E-state index in [2.05, 4.69) is 10.0 Å². The fraction of sp³-hybridized carbons (Fsp3) is 0.462. The average molecular weight is 282 g/mol. The van der Waals surface area contributed by atoms with Crippen molar-refractivity contribution in [3.05, 3.63) is 29.8 Å². The second-order valence-electron chi connectivity index (χ2n) is 5.18. The zero-order chi connectivity index (χ0) is 14.1. The smallest absolute Gasteiger partial charge is 0.241 e. The number of carbonyl (C=O) groups is 1. The van der Waals surface area contributed by atoms with Crippen LogP contribution in [0.2, 0.25) is 0 Å². The number of hydrogen-bond donors (Lipinski definition) is 2. The summed E-state index contributed by atoms with van der Waals surface area (Å²) in [6.45, 7) is 4.70. The summed E-state index contributed by atoms with van der Waals surface area (Å²) >= 11 is 0. The van der Waals surface area contributed by atoms with Crippen molar-refractivity contribution in [2.75, 3.05) is 13.1 Å².